The van der Waals surface area contributed by atoms with Crippen LogP contribution in [0.4, 0.5) is 0 Å². The van der Waals surface area contributed by atoms with Crippen LogP contribution in [0.25, 0.3) is 0 Å². The van der Waals surface area contributed by atoms with Crippen LogP contribution in [0.2, 0.25) is 0 Å². The van der Waals surface area contributed by atoms with Crippen LogP contribution in [-0.4, -0.2) is 11.6 Å². The third kappa shape index (κ3) is 4.72. The van der Waals surface area contributed by atoms with Crippen LogP contribution in [0.15, 0.2) is 0 Å². The monoisotopic (exact) mass is 296 g/mol. The second-order valence-corrected chi connectivity index (χ2v) is 8.50. The number of esters is 1. The molecule has 0 N–H and O–H groups in total. The average molecular weight is 296 g/mol. The van der Waals surface area contributed by atoms with Gasteiger partial charge in [-0.1, -0.05) is 47.0 Å². The maximum Gasteiger partial charge on any atom is 0.312 e. The molecule has 1 aliphatic carbocycles. The molecule has 0 bridgehead atoms. The van der Waals surface area contributed by atoms with Gasteiger partial charge in [0.05, 0.1) is 5.41 Å². The van der Waals surface area contributed by atoms with Crippen LogP contribution in [0.5, 0.6) is 0 Å². The van der Waals surface area contributed by atoms with Gasteiger partial charge in [0.15, 0.2) is 0 Å². The van der Waals surface area contributed by atoms with Crippen molar-refractivity contribution < 1.29 is 9.53 Å². The molecule has 0 radical (unpaired) electrons. The molecule has 0 aromatic carbocycles. The summed E-state index contributed by atoms with van der Waals surface area (Å²) < 4.78 is 6.07. The summed E-state index contributed by atoms with van der Waals surface area (Å²) in [5.74, 6) is 1.32. The van der Waals surface area contributed by atoms with Gasteiger partial charge in [0.25, 0.3) is 0 Å². The Bertz CT molecular complexity index is 337. The van der Waals surface area contributed by atoms with Gasteiger partial charge in [-0.15, -0.1) is 0 Å². The summed E-state index contributed by atoms with van der Waals surface area (Å²) in [7, 11) is 0. The second kappa shape index (κ2) is 7.15. The van der Waals surface area contributed by atoms with E-state index in [4.69, 9.17) is 4.74 Å². The highest BCUT2D eigenvalue weighted by molar-refractivity contribution is 5.77. The molecule has 0 spiro atoms. The maximum absolute atomic E-state index is 12.9. The van der Waals surface area contributed by atoms with E-state index in [1.165, 1.54) is 32.1 Å². The summed E-state index contributed by atoms with van der Waals surface area (Å²) >= 11 is 0. The quantitative estimate of drug-likeness (QED) is 0.597. The molecule has 0 aromatic rings. The molecule has 1 fully saturated rings. The van der Waals surface area contributed by atoms with Gasteiger partial charge in [0, 0.05) is 0 Å². The van der Waals surface area contributed by atoms with Gasteiger partial charge in [-0.3, -0.25) is 4.79 Å². The Morgan fingerprint density at radius 3 is 2.00 bits per heavy atom. The van der Waals surface area contributed by atoms with Crippen molar-refractivity contribution in [2.75, 3.05) is 0 Å². The van der Waals surface area contributed by atoms with Crippen molar-refractivity contribution in [2.24, 2.45) is 23.2 Å². The fraction of sp³-hybridized carbons (Fsp3) is 0.947. The molecular weight excluding hydrogens is 260 g/mol. The molecule has 2 heteroatoms. The molecule has 1 aliphatic rings. The van der Waals surface area contributed by atoms with Gasteiger partial charge >= 0.3 is 5.97 Å². The third-order valence-electron chi connectivity index (χ3n) is 5.52. The molecule has 0 aliphatic heterocycles. The number of carbonyl (C=O) groups is 1. The van der Waals surface area contributed by atoms with Crippen LogP contribution < -0.4 is 0 Å². The van der Waals surface area contributed by atoms with E-state index >= 15 is 0 Å². The molecule has 1 saturated carbocycles. The lowest BCUT2D eigenvalue weighted by molar-refractivity contribution is -0.178. The van der Waals surface area contributed by atoms with E-state index in [9.17, 15) is 4.79 Å². The molecule has 0 amide bonds. The smallest absolute Gasteiger partial charge is 0.312 e. The van der Waals surface area contributed by atoms with E-state index in [-0.39, 0.29) is 17.0 Å². The Hall–Kier alpha value is -0.530. The van der Waals surface area contributed by atoms with Crippen molar-refractivity contribution in [1.82, 2.24) is 0 Å². The highest BCUT2D eigenvalue weighted by Crippen LogP contribution is 2.40. The van der Waals surface area contributed by atoms with Crippen LogP contribution in [0.1, 0.15) is 87.0 Å². The normalized spacial score (nSPS) is 20.6. The summed E-state index contributed by atoms with van der Waals surface area (Å²) in [5.41, 5.74) is -0.704. The van der Waals surface area contributed by atoms with Gasteiger partial charge in [0.1, 0.15) is 5.60 Å². The van der Waals surface area contributed by atoms with E-state index < -0.39 is 0 Å². The Kier molecular flexibility index (Phi) is 6.31. The van der Waals surface area contributed by atoms with Crippen molar-refractivity contribution in [1.29, 1.82) is 0 Å². The first kappa shape index (κ1) is 18.5. The van der Waals surface area contributed by atoms with Crippen LogP contribution >= 0.6 is 0 Å². The molecule has 124 valence electrons. The first-order valence-electron chi connectivity index (χ1n) is 8.83. The predicted molar refractivity (Wildman–Crippen MR) is 89.1 cm³/mol. The van der Waals surface area contributed by atoms with Gasteiger partial charge in [-0.25, -0.2) is 0 Å². The van der Waals surface area contributed by atoms with Crippen LogP contribution in [0, 0.1) is 23.2 Å². The van der Waals surface area contributed by atoms with Gasteiger partial charge in [-0.2, -0.15) is 0 Å². The Labute approximate surface area is 132 Å². The van der Waals surface area contributed by atoms with Gasteiger partial charge in [0.2, 0.25) is 0 Å². The molecule has 0 aromatic heterocycles. The minimum atomic E-state index is -0.375. The Morgan fingerprint density at radius 1 is 1.05 bits per heavy atom. The van der Waals surface area contributed by atoms with Crippen molar-refractivity contribution in [2.45, 2.75) is 92.6 Å². The van der Waals surface area contributed by atoms with Crippen molar-refractivity contribution in [3.05, 3.63) is 0 Å². The predicted octanol–water partition coefficient (Wildman–Crippen LogP) is 5.60. The highest BCUT2D eigenvalue weighted by atomic mass is 16.6. The van der Waals surface area contributed by atoms with Crippen molar-refractivity contribution >= 4 is 5.97 Å². The molecule has 2 nitrogen and oxygen atoms in total. The van der Waals surface area contributed by atoms with E-state index in [0.29, 0.717) is 17.8 Å². The fourth-order valence-corrected chi connectivity index (χ4v) is 3.64. The lowest BCUT2D eigenvalue weighted by atomic mass is 9.72. The minimum Gasteiger partial charge on any atom is -0.459 e. The number of carbonyl (C=O) groups excluding carboxylic acids is 1. The number of rotatable bonds is 6. The van der Waals surface area contributed by atoms with E-state index in [1.807, 2.05) is 0 Å². The average Bonchev–Trinajstić information content (AvgIpc) is 2.38. The zero-order valence-corrected chi connectivity index (χ0v) is 15.3. The van der Waals surface area contributed by atoms with Crippen LogP contribution in [0.3, 0.4) is 0 Å². The first-order valence-corrected chi connectivity index (χ1v) is 8.83. The van der Waals surface area contributed by atoms with Crippen LogP contribution in [-0.2, 0) is 9.53 Å². The lowest BCUT2D eigenvalue weighted by Crippen LogP contribution is -2.44. The van der Waals surface area contributed by atoms with Crippen molar-refractivity contribution in [3.63, 3.8) is 0 Å². The molecular formula is C19H36O2. The van der Waals surface area contributed by atoms with Gasteiger partial charge in [-0.05, 0) is 57.8 Å². The largest absolute Gasteiger partial charge is 0.459 e. The molecule has 0 heterocycles. The Balaban J connectivity index is 2.80. The molecule has 0 saturated heterocycles. The lowest BCUT2D eigenvalue weighted by Gasteiger charge is -2.41. The summed E-state index contributed by atoms with van der Waals surface area (Å²) in [6.45, 7) is 14.9. The SMILES string of the molecule is CC(C)CC(C)(C(=O)OC(C)(C)C1CCCCC1)C(C)C. The topological polar surface area (TPSA) is 26.3 Å². The molecule has 1 rings (SSSR count). The zero-order valence-electron chi connectivity index (χ0n) is 15.3. The molecule has 21 heavy (non-hydrogen) atoms. The summed E-state index contributed by atoms with van der Waals surface area (Å²) in [6, 6.07) is 0. The minimum absolute atomic E-state index is 0.00164. The van der Waals surface area contributed by atoms with Gasteiger partial charge < -0.3 is 4.74 Å². The maximum atomic E-state index is 12.9. The van der Waals surface area contributed by atoms with E-state index in [2.05, 4.69) is 48.5 Å². The summed E-state index contributed by atoms with van der Waals surface area (Å²) in [5, 5.41) is 0. The number of hydrogen-bond donors (Lipinski definition) is 0. The molecule has 1 unspecified atom stereocenters. The number of ether oxygens (including phenoxy) is 1. The van der Waals surface area contributed by atoms with E-state index in [1.54, 1.807) is 0 Å². The third-order valence-corrected chi connectivity index (χ3v) is 5.52. The molecule has 1 atom stereocenters. The fourth-order valence-electron chi connectivity index (χ4n) is 3.64. The van der Waals surface area contributed by atoms with E-state index in [0.717, 1.165) is 6.42 Å². The number of hydrogen-bond acceptors (Lipinski definition) is 2. The first-order chi connectivity index (χ1) is 9.59. The summed E-state index contributed by atoms with van der Waals surface area (Å²) in [6.07, 6.45) is 7.17. The zero-order chi connectivity index (χ0) is 16.3. The highest BCUT2D eigenvalue weighted by Gasteiger charge is 2.43. The standard InChI is InChI=1S/C19H36O2/c1-14(2)13-19(7,15(3)4)17(20)21-18(5,6)16-11-9-8-10-12-16/h14-16H,8-13H2,1-7H3. The second-order valence-electron chi connectivity index (χ2n) is 8.50. The summed E-state index contributed by atoms with van der Waals surface area (Å²) in [4.78, 5) is 12.9. The van der Waals surface area contributed by atoms with Crippen molar-refractivity contribution in [3.8, 4) is 0 Å². The Morgan fingerprint density at radius 2 is 1.57 bits per heavy atom.